The lowest BCUT2D eigenvalue weighted by molar-refractivity contribution is -0.177. The molecular formula is C38H50O5. The summed E-state index contributed by atoms with van der Waals surface area (Å²) in [5, 5.41) is 21.8. The highest BCUT2D eigenvalue weighted by Gasteiger charge is 2.74. The van der Waals surface area contributed by atoms with Crippen LogP contribution in [0.25, 0.3) is 5.76 Å². The highest BCUT2D eigenvalue weighted by Crippen LogP contribution is 2.66. The highest BCUT2D eigenvalue weighted by molar-refractivity contribution is 6.41. The van der Waals surface area contributed by atoms with E-state index in [1.807, 2.05) is 68.4 Å². The molecule has 1 aromatic carbocycles. The summed E-state index contributed by atoms with van der Waals surface area (Å²) in [5.41, 5.74) is 0.0240. The second-order valence-electron chi connectivity index (χ2n) is 14.1. The third-order valence-electron chi connectivity index (χ3n) is 9.90. The minimum absolute atomic E-state index is 0.100. The Kier molecular flexibility index (Phi) is 10.0. The summed E-state index contributed by atoms with van der Waals surface area (Å²) in [6.45, 7) is 22.1. The average Bonchev–Trinajstić information content (AvgIpc) is 2.90. The number of fused-ring (bicyclic) bond motifs is 2. The SMILES string of the molecule is C=C(C)[C@@H](CC=C(C)C)C[C@@]12C[C@@H](CC=C(C)C)C(C)(C)[C@@](CC=C(C)C)(C(=O)C(=C(O)c3cccc(O)c3)C1=O)C2=O. The second kappa shape index (κ2) is 12.6. The van der Waals surface area contributed by atoms with Crippen molar-refractivity contribution in [2.75, 3.05) is 0 Å². The first-order chi connectivity index (χ1) is 19.9. The summed E-state index contributed by atoms with van der Waals surface area (Å²) in [7, 11) is 0. The lowest BCUT2D eigenvalue weighted by Crippen LogP contribution is -2.69. The van der Waals surface area contributed by atoms with Gasteiger partial charge in [-0.05, 0) is 110 Å². The number of hydrogen-bond donors (Lipinski definition) is 2. The molecule has 2 fully saturated rings. The number of phenols is 1. The van der Waals surface area contributed by atoms with Gasteiger partial charge >= 0.3 is 0 Å². The molecule has 0 saturated heterocycles. The van der Waals surface area contributed by atoms with Crippen molar-refractivity contribution < 1.29 is 24.6 Å². The van der Waals surface area contributed by atoms with Crippen LogP contribution < -0.4 is 0 Å². The van der Waals surface area contributed by atoms with E-state index in [-0.39, 0.29) is 53.8 Å². The summed E-state index contributed by atoms with van der Waals surface area (Å²) in [5.74, 6) is -2.47. The van der Waals surface area contributed by atoms with Gasteiger partial charge in [0.05, 0.1) is 5.41 Å². The molecule has 2 bridgehead atoms. The fourth-order valence-corrected chi connectivity index (χ4v) is 7.07. The number of phenolic OH excluding ortho intramolecular Hbond substituents is 1. The molecule has 5 heteroatoms. The van der Waals surface area contributed by atoms with E-state index in [1.165, 1.54) is 12.1 Å². The molecule has 2 saturated carbocycles. The van der Waals surface area contributed by atoms with Gasteiger partial charge in [-0.25, -0.2) is 0 Å². The largest absolute Gasteiger partial charge is 0.508 e. The van der Waals surface area contributed by atoms with Crippen LogP contribution in [0.1, 0.15) is 100.0 Å². The topological polar surface area (TPSA) is 91.7 Å². The van der Waals surface area contributed by atoms with Crippen LogP contribution in [0.4, 0.5) is 0 Å². The van der Waals surface area contributed by atoms with E-state index in [0.717, 1.165) is 22.3 Å². The lowest BCUT2D eigenvalue weighted by Gasteiger charge is -2.60. The maximum atomic E-state index is 15.2. The van der Waals surface area contributed by atoms with Crippen molar-refractivity contribution in [3.8, 4) is 5.75 Å². The van der Waals surface area contributed by atoms with Gasteiger partial charge < -0.3 is 10.2 Å². The van der Waals surface area contributed by atoms with Crippen molar-refractivity contribution in [2.45, 2.75) is 94.4 Å². The molecule has 5 nitrogen and oxygen atoms in total. The van der Waals surface area contributed by atoms with Crippen LogP contribution in [0.15, 0.2) is 76.9 Å². The van der Waals surface area contributed by atoms with Crippen LogP contribution in [0.2, 0.25) is 0 Å². The number of hydrogen-bond acceptors (Lipinski definition) is 5. The molecule has 0 heterocycles. The number of aliphatic hydroxyl groups is 1. The number of benzene rings is 1. The molecule has 0 spiro atoms. The van der Waals surface area contributed by atoms with Crippen LogP contribution >= 0.6 is 0 Å². The quantitative estimate of drug-likeness (QED) is 0.0938. The summed E-state index contributed by atoms with van der Waals surface area (Å²) in [6.07, 6.45) is 8.04. The zero-order chi connectivity index (χ0) is 32.5. The molecular weight excluding hydrogens is 536 g/mol. The van der Waals surface area contributed by atoms with Crippen molar-refractivity contribution in [2.24, 2.45) is 28.1 Å². The van der Waals surface area contributed by atoms with Gasteiger partial charge in [0.25, 0.3) is 0 Å². The van der Waals surface area contributed by atoms with E-state index in [1.54, 1.807) is 12.1 Å². The molecule has 2 aliphatic rings. The van der Waals surface area contributed by atoms with Crippen LogP contribution in [0, 0.1) is 28.1 Å². The fourth-order valence-electron chi connectivity index (χ4n) is 7.07. The Morgan fingerprint density at radius 2 is 1.56 bits per heavy atom. The lowest BCUT2D eigenvalue weighted by atomic mass is 9.38. The number of aromatic hydroxyl groups is 1. The van der Waals surface area contributed by atoms with Crippen LogP contribution in [0.5, 0.6) is 5.75 Å². The molecule has 0 amide bonds. The Balaban J connectivity index is 2.46. The van der Waals surface area contributed by atoms with E-state index in [4.69, 9.17) is 0 Å². The van der Waals surface area contributed by atoms with E-state index in [0.29, 0.717) is 12.8 Å². The molecule has 0 unspecified atom stereocenters. The Hall–Kier alpha value is -3.47. The van der Waals surface area contributed by atoms with Crippen LogP contribution in [-0.2, 0) is 14.4 Å². The summed E-state index contributed by atoms with van der Waals surface area (Å²) in [4.78, 5) is 44.9. The summed E-state index contributed by atoms with van der Waals surface area (Å²) in [6, 6.07) is 5.90. The minimum atomic E-state index is -1.56. The Morgan fingerprint density at radius 3 is 2.09 bits per heavy atom. The molecule has 1 aromatic rings. The predicted molar refractivity (Wildman–Crippen MR) is 174 cm³/mol. The van der Waals surface area contributed by atoms with Crippen molar-refractivity contribution in [3.63, 3.8) is 0 Å². The van der Waals surface area contributed by atoms with Crippen molar-refractivity contribution in [3.05, 3.63) is 82.5 Å². The molecule has 2 aliphatic carbocycles. The maximum Gasteiger partial charge on any atom is 0.184 e. The first-order valence-corrected chi connectivity index (χ1v) is 15.3. The zero-order valence-corrected chi connectivity index (χ0v) is 27.6. The molecule has 43 heavy (non-hydrogen) atoms. The van der Waals surface area contributed by atoms with Crippen LogP contribution in [0.3, 0.4) is 0 Å². The van der Waals surface area contributed by atoms with Crippen molar-refractivity contribution in [1.82, 2.24) is 0 Å². The molecule has 3 rings (SSSR count). The Labute approximate surface area is 258 Å². The molecule has 0 radical (unpaired) electrons. The third kappa shape index (κ3) is 6.14. The maximum absolute atomic E-state index is 15.2. The summed E-state index contributed by atoms with van der Waals surface area (Å²) >= 11 is 0. The average molecular weight is 587 g/mol. The molecule has 2 N–H and O–H groups in total. The first-order valence-electron chi connectivity index (χ1n) is 15.3. The number of ketones is 3. The molecule has 0 aromatic heterocycles. The normalized spacial score (nSPS) is 26.3. The van der Waals surface area contributed by atoms with Gasteiger partial charge in [-0.1, -0.05) is 73.1 Å². The van der Waals surface area contributed by atoms with E-state index < -0.39 is 33.6 Å². The van der Waals surface area contributed by atoms with Gasteiger partial charge in [0, 0.05) is 5.56 Å². The summed E-state index contributed by atoms with van der Waals surface area (Å²) < 4.78 is 0. The van der Waals surface area contributed by atoms with E-state index >= 15 is 4.79 Å². The van der Waals surface area contributed by atoms with Gasteiger partial charge in [0.15, 0.2) is 17.3 Å². The van der Waals surface area contributed by atoms with Gasteiger partial charge in [-0.15, -0.1) is 0 Å². The van der Waals surface area contributed by atoms with Crippen LogP contribution in [-0.4, -0.2) is 27.6 Å². The van der Waals surface area contributed by atoms with Gasteiger partial charge in [0.2, 0.25) is 0 Å². The molecule has 4 atom stereocenters. The fraction of sp³-hybridized carbons (Fsp3) is 0.500. The number of allylic oxidation sites excluding steroid dienone is 8. The predicted octanol–water partition coefficient (Wildman–Crippen LogP) is 9.05. The van der Waals surface area contributed by atoms with E-state index in [2.05, 4.69) is 18.7 Å². The Morgan fingerprint density at radius 1 is 0.953 bits per heavy atom. The number of aliphatic hydroxyl groups excluding tert-OH is 1. The van der Waals surface area contributed by atoms with E-state index in [9.17, 15) is 19.8 Å². The van der Waals surface area contributed by atoms with Gasteiger partial charge in [0.1, 0.15) is 22.5 Å². The molecule has 0 aliphatic heterocycles. The smallest absolute Gasteiger partial charge is 0.184 e. The zero-order valence-electron chi connectivity index (χ0n) is 27.6. The second-order valence-corrected chi connectivity index (χ2v) is 14.1. The number of carbonyl (C=O) groups is 3. The third-order valence-corrected chi connectivity index (χ3v) is 9.90. The van der Waals surface area contributed by atoms with Gasteiger partial charge in [-0.3, -0.25) is 14.4 Å². The first kappa shape index (κ1) is 34.0. The van der Waals surface area contributed by atoms with Crippen molar-refractivity contribution in [1.29, 1.82) is 0 Å². The highest BCUT2D eigenvalue weighted by atomic mass is 16.3. The number of rotatable bonds is 10. The van der Waals surface area contributed by atoms with Crippen molar-refractivity contribution >= 4 is 23.1 Å². The minimum Gasteiger partial charge on any atom is -0.508 e. The van der Waals surface area contributed by atoms with Gasteiger partial charge in [-0.2, -0.15) is 0 Å². The number of Topliss-reactive ketones (excluding diaryl/α,β-unsaturated/α-hetero) is 3. The number of carbonyl (C=O) groups excluding carboxylic acids is 3. The monoisotopic (exact) mass is 586 g/mol. The Bertz CT molecular complexity index is 1440. The standard InChI is InChI=1S/C38H50O5/c1-23(2)14-16-28(26(7)8)21-37-22-29(17-15-24(3)4)36(9,10)38(35(37)43,19-18-25(5)6)34(42)31(33(37)41)32(40)27-12-11-13-30(39)20-27/h11-15,18,20,28-29,39-40H,7,16-17,19,21-22H2,1-6,8-10H3/t28-,29+,37+,38-/m0/s1. The molecule has 232 valence electrons.